The molecule has 1 rings (SSSR count). The van der Waals surface area contributed by atoms with Crippen LogP contribution in [-0.4, -0.2) is 35.0 Å². The Kier molecular flexibility index (Phi) is 4.16. The largest absolute Gasteiger partial charge is 0.295 e. The topological polar surface area (TPSA) is 3.24 Å². The Bertz CT molecular complexity index is 147. The smallest absolute Gasteiger partial charge is 0.0213 e. The van der Waals surface area contributed by atoms with Gasteiger partial charge in [-0.15, -0.1) is 6.58 Å². The highest BCUT2D eigenvalue weighted by Gasteiger charge is 2.26. The van der Waals surface area contributed by atoms with Gasteiger partial charge in [-0.3, -0.25) is 4.90 Å². The first-order valence-electron chi connectivity index (χ1n) is 4.76. The summed E-state index contributed by atoms with van der Waals surface area (Å²) >= 11 is 2.10. The third-order valence-electron chi connectivity index (χ3n) is 2.55. The van der Waals surface area contributed by atoms with E-state index in [2.05, 4.69) is 37.1 Å². The van der Waals surface area contributed by atoms with Gasteiger partial charge in [0.2, 0.25) is 0 Å². The van der Waals surface area contributed by atoms with Crippen LogP contribution in [0.25, 0.3) is 0 Å². The lowest BCUT2D eigenvalue weighted by Crippen LogP contribution is -2.46. The molecule has 0 radical (unpaired) electrons. The van der Waals surface area contributed by atoms with Crippen molar-refractivity contribution in [1.29, 1.82) is 0 Å². The third-order valence-corrected chi connectivity index (χ3v) is 3.81. The van der Waals surface area contributed by atoms with Gasteiger partial charge in [0.05, 0.1) is 0 Å². The summed E-state index contributed by atoms with van der Waals surface area (Å²) < 4.78 is 0. The predicted octanol–water partition coefficient (Wildman–Crippen LogP) is 2.39. The Hall–Kier alpha value is 0.0500. The molecule has 1 saturated heterocycles. The summed E-state index contributed by atoms with van der Waals surface area (Å²) in [4.78, 5) is 2.55. The molecular weight excluding hydrogens is 166 g/mol. The van der Waals surface area contributed by atoms with Crippen LogP contribution in [0, 0.1) is 0 Å². The van der Waals surface area contributed by atoms with E-state index >= 15 is 0 Å². The fourth-order valence-electron chi connectivity index (χ4n) is 1.91. The summed E-state index contributed by atoms with van der Waals surface area (Å²) in [5, 5.41) is 0.795. The first kappa shape index (κ1) is 10.1. The molecule has 0 spiro atoms. The van der Waals surface area contributed by atoms with Crippen LogP contribution in [0.4, 0.5) is 0 Å². The number of thioether (sulfide) groups is 1. The van der Waals surface area contributed by atoms with Crippen LogP contribution in [0.3, 0.4) is 0 Å². The quantitative estimate of drug-likeness (QED) is 0.621. The summed E-state index contributed by atoms with van der Waals surface area (Å²) in [5.41, 5.74) is 0. The van der Waals surface area contributed by atoms with Gasteiger partial charge in [0, 0.05) is 30.1 Å². The van der Waals surface area contributed by atoms with Gasteiger partial charge in [0.15, 0.2) is 0 Å². The van der Waals surface area contributed by atoms with E-state index in [9.17, 15) is 0 Å². The van der Waals surface area contributed by atoms with Gasteiger partial charge in [0.1, 0.15) is 0 Å². The molecule has 1 fully saturated rings. The highest BCUT2D eigenvalue weighted by atomic mass is 32.2. The summed E-state index contributed by atoms with van der Waals surface area (Å²) in [6.45, 7) is 10.7. The standard InChI is InChI=1S/C10H19NS/c1-4-6-11-7-8-12-9(3)10(11)5-2/h4,9-10H,1,5-8H2,2-3H3. The Labute approximate surface area is 80.2 Å². The molecule has 2 unspecified atom stereocenters. The lowest BCUT2D eigenvalue weighted by atomic mass is 10.1. The highest BCUT2D eigenvalue weighted by molar-refractivity contribution is 8.00. The number of hydrogen-bond acceptors (Lipinski definition) is 2. The normalized spacial score (nSPS) is 31.8. The second-order valence-electron chi connectivity index (χ2n) is 3.34. The van der Waals surface area contributed by atoms with Crippen molar-refractivity contribution in [2.45, 2.75) is 31.6 Å². The van der Waals surface area contributed by atoms with E-state index in [1.807, 2.05) is 6.08 Å². The minimum atomic E-state index is 0.766. The van der Waals surface area contributed by atoms with Gasteiger partial charge in [-0.1, -0.05) is 19.9 Å². The van der Waals surface area contributed by atoms with Crippen LogP contribution >= 0.6 is 11.8 Å². The molecule has 1 aliphatic rings. The number of hydrogen-bond donors (Lipinski definition) is 0. The molecule has 1 nitrogen and oxygen atoms in total. The van der Waals surface area contributed by atoms with Crippen molar-refractivity contribution in [3.8, 4) is 0 Å². The van der Waals surface area contributed by atoms with E-state index in [1.54, 1.807) is 0 Å². The van der Waals surface area contributed by atoms with Crippen molar-refractivity contribution < 1.29 is 0 Å². The average Bonchev–Trinajstić information content (AvgIpc) is 2.05. The molecule has 0 aromatic rings. The minimum absolute atomic E-state index is 0.766. The summed E-state index contributed by atoms with van der Waals surface area (Å²) in [7, 11) is 0. The van der Waals surface area contributed by atoms with Gasteiger partial charge < -0.3 is 0 Å². The molecular formula is C10H19NS. The summed E-state index contributed by atoms with van der Waals surface area (Å²) in [5.74, 6) is 1.28. The van der Waals surface area contributed by atoms with E-state index < -0.39 is 0 Å². The number of rotatable bonds is 3. The van der Waals surface area contributed by atoms with Crippen LogP contribution in [0.1, 0.15) is 20.3 Å². The lowest BCUT2D eigenvalue weighted by Gasteiger charge is -2.38. The second-order valence-corrected chi connectivity index (χ2v) is 4.82. The van der Waals surface area contributed by atoms with Crippen LogP contribution in [0.15, 0.2) is 12.7 Å². The average molecular weight is 185 g/mol. The summed E-state index contributed by atoms with van der Waals surface area (Å²) in [6, 6.07) is 0.766. The molecule has 0 aromatic carbocycles. The zero-order valence-electron chi connectivity index (χ0n) is 8.12. The molecule has 0 aliphatic carbocycles. The van der Waals surface area contributed by atoms with Gasteiger partial charge in [-0.05, 0) is 6.42 Å². The van der Waals surface area contributed by atoms with Crippen molar-refractivity contribution in [3.05, 3.63) is 12.7 Å². The fourth-order valence-corrected chi connectivity index (χ4v) is 3.21. The minimum Gasteiger partial charge on any atom is -0.295 e. The van der Waals surface area contributed by atoms with Gasteiger partial charge in [0.25, 0.3) is 0 Å². The molecule has 0 bridgehead atoms. The van der Waals surface area contributed by atoms with Crippen molar-refractivity contribution in [1.82, 2.24) is 4.90 Å². The summed E-state index contributed by atoms with van der Waals surface area (Å²) in [6.07, 6.45) is 3.29. The second kappa shape index (κ2) is 4.93. The SMILES string of the molecule is C=CCN1CCSC(C)C1CC. The van der Waals surface area contributed by atoms with Crippen LogP contribution in [-0.2, 0) is 0 Å². The zero-order chi connectivity index (χ0) is 8.97. The Morgan fingerprint density at radius 1 is 1.67 bits per heavy atom. The fraction of sp³-hybridized carbons (Fsp3) is 0.800. The molecule has 70 valence electrons. The van der Waals surface area contributed by atoms with E-state index in [-0.39, 0.29) is 0 Å². The molecule has 1 heterocycles. The third kappa shape index (κ3) is 2.27. The molecule has 2 atom stereocenters. The molecule has 0 amide bonds. The van der Waals surface area contributed by atoms with Gasteiger partial charge in [-0.2, -0.15) is 11.8 Å². The first-order valence-corrected chi connectivity index (χ1v) is 5.81. The van der Waals surface area contributed by atoms with Crippen LogP contribution < -0.4 is 0 Å². The molecule has 12 heavy (non-hydrogen) atoms. The molecule has 0 N–H and O–H groups in total. The highest BCUT2D eigenvalue weighted by Crippen LogP contribution is 2.25. The molecule has 1 aliphatic heterocycles. The van der Waals surface area contributed by atoms with E-state index in [4.69, 9.17) is 0 Å². The van der Waals surface area contributed by atoms with Crippen LogP contribution in [0.2, 0.25) is 0 Å². The van der Waals surface area contributed by atoms with E-state index in [0.717, 1.165) is 17.8 Å². The maximum absolute atomic E-state index is 3.80. The van der Waals surface area contributed by atoms with Gasteiger partial charge >= 0.3 is 0 Å². The van der Waals surface area contributed by atoms with Crippen LogP contribution in [0.5, 0.6) is 0 Å². The van der Waals surface area contributed by atoms with Crippen molar-refractivity contribution in [2.24, 2.45) is 0 Å². The first-order chi connectivity index (χ1) is 5.79. The van der Waals surface area contributed by atoms with Gasteiger partial charge in [-0.25, -0.2) is 0 Å². The van der Waals surface area contributed by atoms with E-state index in [0.29, 0.717) is 0 Å². The van der Waals surface area contributed by atoms with Crippen molar-refractivity contribution in [3.63, 3.8) is 0 Å². The van der Waals surface area contributed by atoms with E-state index in [1.165, 1.54) is 18.7 Å². The Morgan fingerprint density at radius 2 is 2.42 bits per heavy atom. The molecule has 2 heteroatoms. The monoisotopic (exact) mass is 185 g/mol. The Balaban J connectivity index is 2.51. The number of nitrogens with zero attached hydrogens (tertiary/aromatic N) is 1. The zero-order valence-corrected chi connectivity index (χ0v) is 8.94. The van der Waals surface area contributed by atoms with Crippen molar-refractivity contribution in [2.75, 3.05) is 18.8 Å². The maximum atomic E-state index is 3.80. The Morgan fingerprint density at radius 3 is 3.00 bits per heavy atom. The van der Waals surface area contributed by atoms with Crippen molar-refractivity contribution >= 4 is 11.8 Å². The molecule has 0 saturated carbocycles. The lowest BCUT2D eigenvalue weighted by molar-refractivity contribution is 0.215. The predicted molar refractivity (Wildman–Crippen MR) is 57.8 cm³/mol. The molecule has 0 aromatic heterocycles. The maximum Gasteiger partial charge on any atom is 0.0213 e.